The number of amides is 1. The van der Waals surface area contributed by atoms with Gasteiger partial charge in [0.1, 0.15) is 0 Å². The fourth-order valence-electron chi connectivity index (χ4n) is 1.25. The van der Waals surface area contributed by atoms with Gasteiger partial charge in [0.15, 0.2) is 0 Å². The van der Waals surface area contributed by atoms with E-state index >= 15 is 0 Å². The fraction of sp³-hybridized carbons (Fsp3) is 0.222. The molecule has 0 aliphatic heterocycles. The van der Waals surface area contributed by atoms with Gasteiger partial charge in [-0.1, -0.05) is 6.07 Å². The molecule has 0 heterocycles. The van der Waals surface area contributed by atoms with Gasteiger partial charge in [-0.15, -0.1) is 0 Å². The molecule has 4 N–H and O–H groups in total. The van der Waals surface area contributed by atoms with Crippen LogP contribution in [0.15, 0.2) is 23.1 Å². The molecule has 0 fully saturated rings. The molecule has 0 saturated heterocycles. The number of methoxy groups -OCH3 is 1. The second kappa shape index (κ2) is 4.60. The number of carbonyl (C=O) groups is 1. The maximum absolute atomic E-state index is 11.3. The lowest BCUT2D eigenvalue weighted by Gasteiger charge is -2.07. The summed E-state index contributed by atoms with van der Waals surface area (Å²) in [6.07, 6.45) is 0. The fourth-order valence-corrected chi connectivity index (χ4v) is 2.03. The van der Waals surface area contributed by atoms with Crippen molar-refractivity contribution in [2.75, 3.05) is 7.11 Å². The predicted molar refractivity (Wildman–Crippen MR) is 57.0 cm³/mol. The van der Waals surface area contributed by atoms with Crippen LogP contribution in [-0.2, 0) is 21.4 Å². The van der Waals surface area contributed by atoms with Crippen LogP contribution in [0.5, 0.6) is 0 Å². The van der Waals surface area contributed by atoms with Gasteiger partial charge in [0.05, 0.1) is 11.5 Å². The first-order chi connectivity index (χ1) is 7.36. The van der Waals surface area contributed by atoms with Crippen LogP contribution in [0, 0.1) is 0 Å². The zero-order valence-electron chi connectivity index (χ0n) is 8.64. The molecular formula is C9H12N2O4S. The number of primary sulfonamides is 1. The Bertz CT molecular complexity index is 510. The van der Waals surface area contributed by atoms with E-state index in [4.69, 9.17) is 15.6 Å². The van der Waals surface area contributed by atoms with E-state index in [9.17, 15) is 13.2 Å². The highest BCUT2D eigenvalue weighted by molar-refractivity contribution is 7.89. The molecule has 0 saturated carbocycles. The monoisotopic (exact) mass is 244 g/mol. The number of ether oxygens (including phenoxy) is 1. The number of hydrogen-bond acceptors (Lipinski definition) is 4. The molecule has 0 spiro atoms. The molecule has 0 atom stereocenters. The van der Waals surface area contributed by atoms with Crippen molar-refractivity contribution in [3.05, 3.63) is 29.3 Å². The minimum Gasteiger partial charge on any atom is -0.380 e. The number of hydrogen-bond donors (Lipinski definition) is 2. The van der Waals surface area contributed by atoms with Crippen molar-refractivity contribution in [3.63, 3.8) is 0 Å². The van der Waals surface area contributed by atoms with Crippen LogP contribution in [-0.4, -0.2) is 21.4 Å². The number of benzene rings is 1. The van der Waals surface area contributed by atoms with E-state index in [2.05, 4.69) is 0 Å². The Morgan fingerprint density at radius 3 is 2.50 bits per heavy atom. The van der Waals surface area contributed by atoms with E-state index in [-0.39, 0.29) is 17.1 Å². The molecule has 1 aromatic carbocycles. The minimum absolute atomic E-state index is 0.0869. The molecule has 0 radical (unpaired) electrons. The van der Waals surface area contributed by atoms with Gasteiger partial charge in [-0.25, -0.2) is 13.6 Å². The van der Waals surface area contributed by atoms with Crippen molar-refractivity contribution in [3.8, 4) is 0 Å². The van der Waals surface area contributed by atoms with Crippen LogP contribution < -0.4 is 10.9 Å². The summed E-state index contributed by atoms with van der Waals surface area (Å²) in [5, 5.41) is 5.02. The summed E-state index contributed by atoms with van der Waals surface area (Å²) >= 11 is 0. The van der Waals surface area contributed by atoms with Crippen molar-refractivity contribution < 1.29 is 17.9 Å². The number of sulfonamides is 1. The maximum atomic E-state index is 11.3. The van der Waals surface area contributed by atoms with Crippen molar-refractivity contribution in [2.24, 2.45) is 10.9 Å². The third-order valence-electron chi connectivity index (χ3n) is 1.96. The van der Waals surface area contributed by atoms with Crippen molar-refractivity contribution >= 4 is 15.9 Å². The lowest BCUT2D eigenvalue weighted by atomic mass is 10.1. The highest BCUT2D eigenvalue weighted by Crippen LogP contribution is 2.17. The molecule has 16 heavy (non-hydrogen) atoms. The third kappa shape index (κ3) is 2.78. The average molecular weight is 244 g/mol. The van der Waals surface area contributed by atoms with Crippen LogP contribution in [0.25, 0.3) is 0 Å². The summed E-state index contributed by atoms with van der Waals surface area (Å²) in [5.74, 6) is -0.714. The van der Waals surface area contributed by atoms with Crippen LogP contribution in [0.3, 0.4) is 0 Å². The van der Waals surface area contributed by atoms with Gasteiger partial charge in [-0.2, -0.15) is 0 Å². The summed E-state index contributed by atoms with van der Waals surface area (Å²) in [5.41, 5.74) is 5.52. The summed E-state index contributed by atoms with van der Waals surface area (Å²) in [6, 6.07) is 4.01. The van der Waals surface area contributed by atoms with Gasteiger partial charge in [0, 0.05) is 12.7 Å². The second-order valence-electron chi connectivity index (χ2n) is 3.16. The highest BCUT2D eigenvalue weighted by Gasteiger charge is 2.16. The van der Waals surface area contributed by atoms with E-state index in [1.807, 2.05) is 0 Å². The molecule has 0 aromatic heterocycles. The van der Waals surface area contributed by atoms with Gasteiger partial charge in [-0.3, -0.25) is 4.79 Å². The van der Waals surface area contributed by atoms with Crippen molar-refractivity contribution in [2.45, 2.75) is 11.5 Å². The van der Waals surface area contributed by atoms with Crippen LogP contribution >= 0.6 is 0 Å². The molecule has 0 aliphatic rings. The Morgan fingerprint density at radius 1 is 1.44 bits per heavy atom. The average Bonchev–Trinajstić information content (AvgIpc) is 2.16. The highest BCUT2D eigenvalue weighted by atomic mass is 32.2. The van der Waals surface area contributed by atoms with Crippen molar-refractivity contribution in [1.82, 2.24) is 0 Å². The Labute approximate surface area is 93.2 Å². The Morgan fingerprint density at radius 2 is 2.06 bits per heavy atom. The molecule has 7 heteroatoms. The maximum Gasteiger partial charge on any atom is 0.248 e. The lowest BCUT2D eigenvalue weighted by molar-refractivity contribution is 0.1000. The summed E-state index contributed by atoms with van der Waals surface area (Å²) < 4.78 is 27.4. The van der Waals surface area contributed by atoms with E-state index < -0.39 is 15.9 Å². The van der Waals surface area contributed by atoms with E-state index in [0.29, 0.717) is 5.56 Å². The number of rotatable bonds is 4. The smallest absolute Gasteiger partial charge is 0.248 e. The number of nitrogens with two attached hydrogens (primary N) is 2. The topological polar surface area (TPSA) is 112 Å². The molecule has 0 aliphatic carbocycles. The summed E-state index contributed by atoms with van der Waals surface area (Å²) in [6.45, 7) is 0.0881. The largest absolute Gasteiger partial charge is 0.380 e. The standard InChI is InChI=1S/C9H12N2O4S/c1-15-5-7-3-2-6(9(10)12)4-8(7)16(11,13)14/h2-4H,5H2,1H3,(H2,10,12)(H2,11,13,14). The van der Waals surface area contributed by atoms with Crippen LogP contribution in [0.2, 0.25) is 0 Å². The first-order valence-electron chi connectivity index (χ1n) is 4.30. The Kier molecular flexibility index (Phi) is 3.63. The molecule has 88 valence electrons. The zero-order chi connectivity index (χ0) is 12.3. The molecule has 1 aromatic rings. The van der Waals surface area contributed by atoms with E-state index in [1.54, 1.807) is 0 Å². The third-order valence-corrected chi connectivity index (χ3v) is 2.95. The quantitative estimate of drug-likeness (QED) is 0.748. The molecule has 1 rings (SSSR count). The number of primary amides is 1. The molecule has 1 amide bonds. The van der Waals surface area contributed by atoms with E-state index in [0.717, 1.165) is 6.07 Å². The Balaban J connectivity index is 3.39. The van der Waals surface area contributed by atoms with E-state index in [1.165, 1.54) is 19.2 Å². The SMILES string of the molecule is COCc1ccc(C(N)=O)cc1S(N)(=O)=O. The zero-order valence-corrected chi connectivity index (χ0v) is 9.45. The van der Waals surface area contributed by atoms with Crippen molar-refractivity contribution in [1.29, 1.82) is 0 Å². The lowest BCUT2D eigenvalue weighted by Crippen LogP contribution is -2.17. The number of carbonyl (C=O) groups excluding carboxylic acids is 1. The van der Waals surface area contributed by atoms with Crippen LogP contribution in [0.1, 0.15) is 15.9 Å². The van der Waals surface area contributed by atoms with Gasteiger partial charge in [0.2, 0.25) is 15.9 Å². The molecule has 0 bridgehead atoms. The normalized spacial score (nSPS) is 11.4. The molecule has 0 unspecified atom stereocenters. The minimum atomic E-state index is -3.90. The summed E-state index contributed by atoms with van der Waals surface area (Å²) in [4.78, 5) is 10.8. The second-order valence-corrected chi connectivity index (χ2v) is 4.69. The van der Waals surface area contributed by atoms with Gasteiger partial charge in [0.25, 0.3) is 0 Å². The summed E-state index contributed by atoms with van der Waals surface area (Å²) in [7, 11) is -2.47. The Hall–Kier alpha value is -1.44. The van der Waals surface area contributed by atoms with Gasteiger partial charge < -0.3 is 10.5 Å². The predicted octanol–water partition coefficient (Wildman–Crippen LogP) is -0.421. The molecular weight excluding hydrogens is 232 g/mol. The molecule has 6 nitrogen and oxygen atoms in total. The first kappa shape index (κ1) is 12.6. The van der Waals surface area contributed by atoms with Gasteiger partial charge >= 0.3 is 0 Å². The van der Waals surface area contributed by atoms with Crippen LogP contribution in [0.4, 0.5) is 0 Å². The first-order valence-corrected chi connectivity index (χ1v) is 5.85. The van der Waals surface area contributed by atoms with Gasteiger partial charge in [-0.05, 0) is 17.7 Å².